The molecule has 164 valence electrons. The van der Waals surface area contributed by atoms with Gasteiger partial charge in [0, 0.05) is 17.7 Å². The van der Waals surface area contributed by atoms with Crippen LogP contribution in [0, 0.1) is 0 Å². The lowest BCUT2D eigenvalue weighted by atomic mass is 10.1. The van der Waals surface area contributed by atoms with Crippen LogP contribution in [0.4, 0.5) is 5.69 Å². The lowest BCUT2D eigenvalue weighted by Crippen LogP contribution is -2.38. The smallest absolute Gasteiger partial charge is 0.248 e. The van der Waals surface area contributed by atoms with E-state index in [0.717, 1.165) is 5.56 Å². The fraction of sp³-hybridized carbons (Fsp3) is 0.364. The zero-order valence-electron chi connectivity index (χ0n) is 17.4. The van der Waals surface area contributed by atoms with Crippen molar-refractivity contribution in [2.45, 2.75) is 24.1 Å². The van der Waals surface area contributed by atoms with Gasteiger partial charge in [-0.2, -0.15) is 4.99 Å². The predicted octanol–water partition coefficient (Wildman–Crippen LogP) is 2.94. The van der Waals surface area contributed by atoms with Crippen LogP contribution in [0.2, 0.25) is 0 Å². The van der Waals surface area contributed by atoms with Crippen LogP contribution >= 0.6 is 11.8 Å². The summed E-state index contributed by atoms with van der Waals surface area (Å²) in [7, 11) is -0.0348. The molecule has 0 N–H and O–H groups in total. The molecule has 4 rings (SSSR count). The van der Waals surface area contributed by atoms with Crippen LogP contribution in [-0.2, 0) is 21.1 Å². The van der Waals surface area contributed by atoms with Crippen LogP contribution in [0.5, 0.6) is 11.5 Å². The summed E-state index contributed by atoms with van der Waals surface area (Å²) < 4.78 is 35.4. The summed E-state index contributed by atoms with van der Waals surface area (Å²) in [5.74, 6) is 1.03. The second-order valence-electron chi connectivity index (χ2n) is 7.48. The molecule has 2 aromatic rings. The zero-order valence-corrected chi connectivity index (χ0v) is 19.0. The van der Waals surface area contributed by atoms with E-state index in [-0.39, 0.29) is 35.1 Å². The maximum Gasteiger partial charge on any atom is 0.248 e. The third kappa shape index (κ3) is 4.72. The molecule has 2 aromatic carbocycles. The van der Waals surface area contributed by atoms with Gasteiger partial charge in [0.15, 0.2) is 15.0 Å². The Labute approximate surface area is 186 Å². The maximum atomic E-state index is 12.7. The molecule has 0 bridgehead atoms. The monoisotopic (exact) mass is 460 g/mol. The molecular formula is C22H24N2O5S2. The number of carbonyl (C=O) groups is 1. The summed E-state index contributed by atoms with van der Waals surface area (Å²) in [6.07, 6.45) is 0.885. The summed E-state index contributed by atoms with van der Waals surface area (Å²) >= 11 is 1.35. The van der Waals surface area contributed by atoms with Gasteiger partial charge in [-0.05, 0) is 24.1 Å². The van der Waals surface area contributed by atoms with Gasteiger partial charge in [-0.25, -0.2) is 8.42 Å². The number of sulfone groups is 1. The predicted molar refractivity (Wildman–Crippen MR) is 123 cm³/mol. The Hall–Kier alpha value is -2.52. The normalized spacial score (nSPS) is 23.0. The van der Waals surface area contributed by atoms with Gasteiger partial charge in [-0.15, -0.1) is 0 Å². The average molecular weight is 461 g/mol. The highest BCUT2D eigenvalue weighted by molar-refractivity contribution is 8.16. The topological polar surface area (TPSA) is 85.3 Å². The van der Waals surface area contributed by atoms with E-state index in [0.29, 0.717) is 28.8 Å². The van der Waals surface area contributed by atoms with Crippen molar-refractivity contribution in [3.05, 3.63) is 54.1 Å². The number of hydrogen-bond donors (Lipinski definition) is 0. The number of benzene rings is 2. The number of fused-ring (bicyclic) bond motifs is 1. The molecule has 31 heavy (non-hydrogen) atoms. The number of rotatable bonds is 6. The molecular weight excluding hydrogens is 436 g/mol. The number of aliphatic imine (C=N–C) groups is 1. The maximum absolute atomic E-state index is 12.7. The number of hydrogen-bond acceptors (Lipinski definition) is 6. The van der Waals surface area contributed by atoms with Gasteiger partial charge in [0.05, 0.1) is 37.5 Å². The number of ether oxygens (including phenoxy) is 2. The summed E-state index contributed by atoms with van der Waals surface area (Å²) in [5, 5.41) is 0.330. The molecule has 2 fully saturated rings. The van der Waals surface area contributed by atoms with Gasteiger partial charge < -0.3 is 14.4 Å². The first kappa shape index (κ1) is 21.7. The molecule has 0 saturated carbocycles. The Morgan fingerprint density at radius 2 is 1.90 bits per heavy atom. The molecule has 9 heteroatoms. The van der Waals surface area contributed by atoms with Crippen LogP contribution in [0.25, 0.3) is 0 Å². The molecule has 1 amide bonds. The standard InChI is InChI=1S/C22H24N2O5S2/c1-28-16-9-10-19(29-2)17(12-16)24-18-13-31(26,27)14-20(18)30-22(24)23-21(25)11-8-15-6-4-3-5-7-15/h3-7,9-10,12,18,20H,8,11,13-14H2,1-2H3/t18-,20+/m1/s1. The van der Waals surface area contributed by atoms with Crippen molar-refractivity contribution in [3.63, 3.8) is 0 Å². The summed E-state index contributed by atoms with van der Waals surface area (Å²) in [6, 6.07) is 14.8. The first-order chi connectivity index (χ1) is 14.9. The van der Waals surface area contributed by atoms with Crippen LogP contribution in [0.1, 0.15) is 12.0 Å². The number of amidine groups is 1. The Kier molecular flexibility index (Phi) is 6.24. The highest BCUT2D eigenvalue weighted by atomic mass is 32.2. The Bertz CT molecular complexity index is 1100. The van der Waals surface area contributed by atoms with E-state index >= 15 is 0 Å². The quantitative estimate of drug-likeness (QED) is 0.655. The molecule has 7 nitrogen and oxygen atoms in total. The van der Waals surface area contributed by atoms with E-state index in [1.165, 1.54) is 11.8 Å². The molecule has 2 aliphatic rings. The van der Waals surface area contributed by atoms with Crippen molar-refractivity contribution in [2.24, 2.45) is 4.99 Å². The summed E-state index contributed by atoms with van der Waals surface area (Å²) in [4.78, 5) is 18.9. The molecule has 0 aromatic heterocycles. The van der Waals surface area contributed by atoms with Gasteiger partial charge in [0.1, 0.15) is 11.5 Å². The number of methoxy groups -OCH3 is 2. The molecule has 2 atom stereocenters. The lowest BCUT2D eigenvalue weighted by molar-refractivity contribution is -0.117. The fourth-order valence-electron chi connectivity index (χ4n) is 3.89. The number of nitrogens with zero attached hydrogens (tertiary/aromatic N) is 2. The number of carbonyl (C=O) groups excluding carboxylic acids is 1. The lowest BCUT2D eigenvalue weighted by Gasteiger charge is -2.26. The number of amides is 1. The van der Waals surface area contributed by atoms with E-state index in [9.17, 15) is 13.2 Å². The van der Waals surface area contributed by atoms with Crippen LogP contribution < -0.4 is 14.4 Å². The highest BCUT2D eigenvalue weighted by Gasteiger charge is 2.50. The summed E-state index contributed by atoms with van der Waals surface area (Å²) in [6.45, 7) is 0. The summed E-state index contributed by atoms with van der Waals surface area (Å²) in [5.41, 5.74) is 1.72. The Morgan fingerprint density at radius 1 is 1.13 bits per heavy atom. The second-order valence-corrected chi connectivity index (χ2v) is 10.8. The molecule has 2 heterocycles. The van der Waals surface area contributed by atoms with Gasteiger partial charge in [-0.3, -0.25) is 4.79 Å². The zero-order chi connectivity index (χ0) is 22.0. The van der Waals surface area contributed by atoms with Gasteiger partial charge in [-0.1, -0.05) is 42.1 Å². The molecule has 0 aliphatic carbocycles. The number of aryl methyl sites for hydroxylation is 1. The molecule has 2 aliphatic heterocycles. The first-order valence-electron chi connectivity index (χ1n) is 9.94. The third-order valence-electron chi connectivity index (χ3n) is 5.40. The van der Waals surface area contributed by atoms with Crippen LogP contribution in [0.15, 0.2) is 53.5 Å². The molecule has 0 unspecified atom stereocenters. The van der Waals surface area contributed by atoms with Gasteiger partial charge in [0.25, 0.3) is 0 Å². The van der Waals surface area contributed by atoms with Gasteiger partial charge in [0.2, 0.25) is 5.91 Å². The number of thioether (sulfide) groups is 1. The average Bonchev–Trinajstić information content (AvgIpc) is 3.23. The first-order valence-corrected chi connectivity index (χ1v) is 12.6. The SMILES string of the molecule is COc1ccc(OC)c(N2C(=NC(=O)CCc3ccccc3)S[C@H]3CS(=O)(=O)C[C@H]32)c1. The van der Waals surface area contributed by atoms with E-state index in [1.54, 1.807) is 32.4 Å². The van der Waals surface area contributed by atoms with E-state index in [4.69, 9.17) is 9.47 Å². The van der Waals surface area contributed by atoms with Crippen molar-refractivity contribution in [1.29, 1.82) is 0 Å². The minimum absolute atomic E-state index is 0.0161. The Balaban J connectivity index is 1.65. The van der Waals surface area contributed by atoms with Crippen molar-refractivity contribution < 1.29 is 22.7 Å². The largest absolute Gasteiger partial charge is 0.497 e. The second kappa shape index (κ2) is 8.92. The Morgan fingerprint density at radius 3 is 2.61 bits per heavy atom. The van der Waals surface area contributed by atoms with Crippen molar-refractivity contribution in [1.82, 2.24) is 0 Å². The van der Waals surface area contributed by atoms with Crippen molar-refractivity contribution in [3.8, 4) is 11.5 Å². The van der Waals surface area contributed by atoms with Crippen LogP contribution in [-0.4, -0.2) is 56.5 Å². The highest BCUT2D eigenvalue weighted by Crippen LogP contribution is 2.45. The molecule has 0 radical (unpaired) electrons. The molecule has 0 spiro atoms. The molecule has 2 saturated heterocycles. The van der Waals surface area contributed by atoms with Crippen molar-refractivity contribution in [2.75, 3.05) is 30.6 Å². The van der Waals surface area contributed by atoms with Gasteiger partial charge >= 0.3 is 0 Å². The number of anilines is 1. The van der Waals surface area contributed by atoms with E-state index in [2.05, 4.69) is 4.99 Å². The van der Waals surface area contributed by atoms with E-state index < -0.39 is 9.84 Å². The third-order valence-corrected chi connectivity index (χ3v) is 8.61. The fourth-order valence-corrected chi connectivity index (χ4v) is 7.81. The van der Waals surface area contributed by atoms with E-state index in [1.807, 2.05) is 35.2 Å². The van der Waals surface area contributed by atoms with Crippen LogP contribution in [0.3, 0.4) is 0 Å². The van der Waals surface area contributed by atoms with Crippen molar-refractivity contribution >= 4 is 38.4 Å². The minimum atomic E-state index is -3.15. The minimum Gasteiger partial charge on any atom is -0.497 e.